The average Bonchev–Trinajstić information content (AvgIpc) is 2.22. The fourth-order valence-corrected chi connectivity index (χ4v) is 1.40. The largest absolute Gasteiger partial charge is 0.222 e. The van der Waals surface area contributed by atoms with Gasteiger partial charge in [-0.1, -0.05) is 0 Å². The number of halogens is 2. The number of nitrogens with zero attached hydrogens (tertiary/aromatic N) is 3. The first-order chi connectivity index (χ1) is 7.16. The summed E-state index contributed by atoms with van der Waals surface area (Å²) in [7, 11) is 0. The predicted octanol–water partition coefficient (Wildman–Crippen LogP) is 2.75. The Balaban J connectivity index is 2.50. The second-order valence-corrected chi connectivity index (χ2v) is 3.84. The number of hydrogen-bond donors (Lipinski definition) is 0. The van der Waals surface area contributed by atoms with Crippen molar-refractivity contribution in [2.45, 2.75) is 6.92 Å². The molecule has 2 rings (SSSR count). The van der Waals surface area contributed by atoms with Crippen LogP contribution in [0.4, 0.5) is 4.39 Å². The van der Waals surface area contributed by atoms with Crippen LogP contribution in [0.2, 0.25) is 0 Å². The van der Waals surface area contributed by atoms with Crippen molar-refractivity contribution >= 4 is 15.9 Å². The van der Waals surface area contributed by atoms with Gasteiger partial charge in [0.1, 0.15) is 18.0 Å². The molecule has 0 N–H and O–H groups in total. The maximum Gasteiger partial charge on any atom is 0.163 e. The molecule has 3 nitrogen and oxygen atoms in total. The number of aromatic nitrogens is 3. The van der Waals surface area contributed by atoms with E-state index < -0.39 is 0 Å². The third-order valence-electron chi connectivity index (χ3n) is 1.87. The van der Waals surface area contributed by atoms with E-state index in [0.717, 1.165) is 0 Å². The summed E-state index contributed by atoms with van der Waals surface area (Å²) in [5.41, 5.74) is 0.640. The molecule has 0 aliphatic carbocycles. The van der Waals surface area contributed by atoms with E-state index in [-0.39, 0.29) is 5.82 Å². The highest BCUT2D eigenvalue weighted by Gasteiger charge is 2.05. The lowest BCUT2D eigenvalue weighted by molar-refractivity contribution is 0.621. The molecule has 0 spiro atoms. The molecule has 15 heavy (non-hydrogen) atoms. The number of benzene rings is 1. The van der Waals surface area contributed by atoms with Crippen molar-refractivity contribution in [3.05, 3.63) is 40.6 Å². The molecule has 76 valence electrons. The van der Waals surface area contributed by atoms with E-state index in [4.69, 9.17) is 0 Å². The fourth-order valence-electron chi connectivity index (χ4n) is 1.15. The van der Waals surface area contributed by atoms with Crippen LogP contribution in [0.5, 0.6) is 0 Å². The second kappa shape index (κ2) is 4.02. The maximum absolute atomic E-state index is 13.2. The van der Waals surface area contributed by atoms with Crippen molar-refractivity contribution in [1.29, 1.82) is 0 Å². The first-order valence-corrected chi connectivity index (χ1v) is 5.07. The van der Waals surface area contributed by atoms with Gasteiger partial charge in [-0.05, 0) is 41.1 Å². The summed E-state index contributed by atoms with van der Waals surface area (Å²) in [4.78, 5) is 12.0. The molecule has 5 heteroatoms. The molecule has 1 heterocycles. The van der Waals surface area contributed by atoms with Crippen LogP contribution in [0.1, 0.15) is 5.82 Å². The van der Waals surface area contributed by atoms with Crippen LogP contribution in [0.15, 0.2) is 29.0 Å². The molecule has 1 aromatic carbocycles. The van der Waals surface area contributed by atoms with Crippen molar-refractivity contribution in [1.82, 2.24) is 15.0 Å². The molecule has 2 aromatic rings. The van der Waals surface area contributed by atoms with Gasteiger partial charge in [0.15, 0.2) is 5.82 Å². The zero-order valence-corrected chi connectivity index (χ0v) is 9.49. The molecule has 0 saturated heterocycles. The van der Waals surface area contributed by atoms with Gasteiger partial charge in [-0.2, -0.15) is 0 Å². The molecule has 0 atom stereocenters. The smallest absolute Gasteiger partial charge is 0.163 e. The van der Waals surface area contributed by atoms with Crippen molar-refractivity contribution in [2.24, 2.45) is 0 Å². The Morgan fingerprint density at radius 3 is 2.73 bits per heavy atom. The van der Waals surface area contributed by atoms with Crippen LogP contribution in [0, 0.1) is 12.7 Å². The highest BCUT2D eigenvalue weighted by Crippen LogP contribution is 2.21. The number of aryl methyl sites for hydroxylation is 1. The van der Waals surface area contributed by atoms with Gasteiger partial charge < -0.3 is 0 Å². The Morgan fingerprint density at radius 1 is 1.27 bits per heavy atom. The third kappa shape index (κ3) is 2.18. The Bertz CT molecular complexity index is 502. The fraction of sp³-hybridized carbons (Fsp3) is 0.100. The van der Waals surface area contributed by atoms with Gasteiger partial charge in [-0.15, -0.1) is 0 Å². The van der Waals surface area contributed by atoms with E-state index in [0.29, 0.717) is 21.7 Å². The quantitative estimate of drug-likeness (QED) is 0.798. The molecular weight excluding hydrogens is 261 g/mol. The summed E-state index contributed by atoms with van der Waals surface area (Å²) in [6.07, 6.45) is 1.41. The van der Waals surface area contributed by atoms with Crippen molar-refractivity contribution in [3.63, 3.8) is 0 Å². The molecule has 0 fully saturated rings. The van der Waals surface area contributed by atoms with Crippen LogP contribution in [0.25, 0.3) is 11.4 Å². The van der Waals surface area contributed by atoms with Crippen molar-refractivity contribution < 1.29 is 4.39 Å². The van der Waals surface area contributed by atoms with Gasteiger partial charge in [-0.25, -0.2) is 19.3 Å². The Hall–Kier alpha value is -1.36. The van der Waals surface area contributed by atoms with Crippen molar-refractivity contribution in [3.8, 4) is 11.4 Å². The van der Waals surface area contributed by atoms with Gasteiger partial charge in [0, 0.05) is 5.56 Å². The molecule has 0 saturated carbocycles. The molecule has 1 aromatic heterocycles. The molecule has 0 radical (unpaired) electrons. The lowest BCUT2D eigenvalue weighted by atomic mass is 10.2. The minimum absolute atomic E-state index is 0.328. The molecule has 0 aliphatic rings. The zero-order valence-electron chi connectivity index (χ0n) is 7.91. The van der Waals surface area contributed by atoms with E-state index in [1.807, 2.05) is 0 Å². The van der Waals surface area contributed by atoms with Crippen molar-refractivity contribution in [2.75, 3.05) is 0 Å². The topological polar surface area (TPSA) is 38.7 Å². The summed E-state index contributed by atoms with van der Waals surface area (Å²) < 4.78 is 13.7. The summed E-state index contributed by atoms with van der Waals surface area (Å²) in [5.74, 6) is 0.766. The van der Waals surface area contributed by atoms with Crippen LogP contribution >= 0.6 is 15.9 Å². The Labute approximate surface area is 94.5 Å². The monoisotopic (exact) mass is 267 g/mol. The number of rotatable bonds is 1. The second-order valence-electron chi connectivity index (χ2n) is 2.99. The van der Waals surface area contributed by atoms with Gasteiger partial charge in [0.25, 0.3) is 0 Å². The predicted molar refractivity (Wildman–Crippen MR) is 57.7 cm³/mol. The summed E-state index contributed by atoms with van der Waals surface area (Å²) >= 11 is 3.09. The zero-order chi connectivity index (χ0) is 10.8. The Kier molecular flexibility index (Phi) is 2.73. The summed E-state index contributed by atoms with van der Waals surface area (Å²) in [6.45, 7) is 1.76. The van der Waals surface area contributed by atoms with Crippen LogP contribution in [0.3, 0.4) is 0 Å². The van der Waals surface area contributed by atoms with Crippen LogP contribution < -0.4 is 0 Å². The SMILES string of the molecule is Cc1ncnc(-c2ccc(Br)c(F)c2)n1. The molecular formula is C10H7BrFN3. The molecule has 0 aliphatic heterocycles. The summed E-state index contributed by atoms with van der Waals surface area (Å²) in [5, 5.41) is 0. The first-order valence-electron chi connectivity index (χ1n) is 4.28. The maximum atomic E-state index is 13.2. The number of hydrogen-bond acceptors (Lipinski definition) is 3. The highest BCUT2D eigenvalue weighted by atomic mass is 79.9. The minimum Gasteiger partial charge on any atom is -0.222 e. The normalized spacial score (nSPS) is 10.3. The first kappa shape index (κ1) is 10.2. The van der Waals surface area contributed by atoms with E-state index in [1.54, 1.807) is 19.1 Å². The van der Waals surface area contributed by atoms with E-state index in [9.17, 15) is 4.39 Å². The van der Waals surface area contributed by atoms with E-state index in [2.05, 4.69) is 30.9 Å². The van der Waals surface area contributed by atoms with Crippen LogP contribution in [-0.2, 0) is 0 Å². The lowest BCUT2D eigenvalue weighted by Gasteiger charge is -2.01. The molecule has 0 bridgehead atoms. The highest BCUT2D eigenvalue weighted by molar-refractivity contribution is 9.10. The van der Waals surface area contributed by atoms with E-state index >= 15 is 0 Å². The average molecular weight is 268 g/mol. The van der Waals surface area contributed by atoms with Gasteiger partial charge in [0.2, 0.25) is 0 Å². The Morgan fingerprint density at radius 2 is 2.07 bits per heavy atom. The third-order valence-corrected chi connectivity index (χ3v) is 2.51. The minimum atomic E-state index is -0.328. The van der Waals surface area contributed by atoms with Gasteiger partial charge in [-0.3, -0.25) is 0 Å². The molecule has 0 unspecified atom stereocenters. The molecule has 0 amide bonds. The standard InChI is InChI=1S/C10H7BrFN3/c1-6-13-5-14-10(15-6)7-2-3-8(11)9(12)4-7/h2-5H,1H3. The van der Waals surface area contributed by atoms with E-state index in [1.165, 1.54) is 12.4 Å². The van der Waals surface area contributed by atoms with Gasteiger partial charge in [0.05, 0.1) is 4.47 Å². The summed E-state index contributed by atoms with van der Waals surface area (Å²) in [6, 6.07) is 4.77. The van der Waals surface area contributed by atoms with Gasteiger partial charge >= 0.3 is 0 Å². The van der Waals surface area contributed by atoms with Crippen LogP contribution in [-0.4, -0.2) is 15.0 Å². The lowest BCUT2D eigenvalue weighted by Crippen LogP contribution is -1.94.